The molecule has 0 spiro atoms. The van der Waals surface area contributed by atoms with Gasteiger partial charge >= 0.3 is 18.0 Å². The Morgan fingerprint density at radius 3 is 2.49 bits per heavy atom. The first kappa shape index (κ1) is 29.5. The van der Waals surface area contributed by atoms with Gasteiger partial charge in [-0.3, -0.25) is 0 Å². The van der Waals surface area contributed by atoms with Crippen molar-refractivity contribution in [2.45, 2.75) is 44.1 Å². The van der Waals surface area contributed by atoms with E-state index in [0.29, 0.717) is 36.9 Å². The zero-order valence-corrected chi connectivity index (χ0v) is 22.7. The molecule has 2 N–H and O–H groups in total. The van der Waals surface area contributed by atoms with Gasteiger partial charge < -0.3 is 20.3 Å². The van der Waals surface area contributed by atoms with Crippen LogP contribution in [0.5, 0.6) is 0 Å². The molecular weight excluding hydrogens is 539 g/mol. The number of imide groups is 1. The van der Waals surface area contributed by atoms with Crippen molar-refractivity contribution in [3.63, 3.8) is 0 Å². The maximum Gasteiger partial charge on any atom is 0.337 e. The Morgan fingerprint density at radius 2 is 1.85 bits per heavy atom. The Kier molecular flexibility index (Phi) is 8.86. The van der Waals surface area contributed by atoms with Gasteiger partial charge in [0.05, 0.1) is 30.7 Å². The number of halogens is 3. The lowest BCUT2D eigenvalue weighted by Crippen LogP contribution is -2.54. The van der Waals surface area contributed by atoms with E-state index in [1.165, 1.54) is 26.2 Å². The van der Waals surface area contributed by atoms with Crippen LogP contribution in [0.25, 0.3) is 0 Å². The number of ether oxygens (including phenoxy) is 1. The van der Waals surface area contributed by atoms with E-state index in [9.17, 15) is 32.8 Å². The number of rotatable bonds is 7. The number of nitriles is 1. The lowest BCUT2D eigenvalue weighted by Gasteiger charge is -2.41. The van der Waals surface area contributed by atoms with E-state index in [0.717, 1.165) is 17.0 Å². The van der Waals surface area contributed by atoms with Crippen LogP contribution >= 0.6 is 0 Å². The van der Waals surface area contributed by atoms with Gasteiger partial charge in [0.25, 0.3) is 0 Å². The van der Waals surface area contributed by atoms with Crippen molar-refractivity contribution in [1.82, 2.24) is 15.5 Å². The summed E-state index contributed by atoms with van der Waals surface area (Å²) in [5.41, 5.74) is 0.115. The van der Waals surface area contributed by atoms with Crippen LogP contribution in [0.3, 0.4) is 0 Å². The number of nitrogens with one attached hydrogen (secondary N) is 2. The van der Waals surface area contributed by atoms with Crippen LogP contribution in [-0.4, -0.2) is 55.7 Å². The van der Waals surface area contributed by atoms with Crippen molar-refractivity contribution >= 4 is 23.7 Å². The topological polar surface area (TPSA) is 115 Å². The molecule has 0 radical (unpaired) electrons. The highest BCUT2D eigenvalue weighted by Crippen LogP contribution is 2.42. The minimum Gasteiger partial charge on any atom is -0.466 e. The highest BCUT2D eigenvalue weighted by Gasteiger charge is 2.40. The predicted molar refractivity (Wildman–Crippen MR) is 143 cm³/mol. The normalized spacial score (nSPS) is 20.6. The molecule has 4 amide bonds. The predicted octanol–water partition coefficient (Wildman–Crippen LogP) is 4.50. The van der Waals surface area contributed by atoms with E-state index in [4.69, 9.17) is 4.74 Å². The van der Waals surface area contributed by atoms with Gasteiger partial charge in [-0.1, -0.05) is 18.2 Å². The van der Waals surface area contributed by atoms with Crippen LogP contribution in [0.15, 0.2) is 53.7 Å². The number of urea groups is 2. The molecule has 1 aliphatic carbocycles. The summed E-state index contributed by atoms with van der Waals surface area (Å²) in [6.45, 7) is 1.43. The standard InChI is InChI=1S/C29H30F3N5O4/c1-18-21(26(38)41-2)16-37(28(40)35-18)27(39)34-13-14-36(20-7-8-24(31)25(32)15-20)19-9-11-29(17-33,12-10-19)22-5-3-4-6-23(22)30/h3-8,15,19H,9-14,16H2,1-2H3,(H,34,39)(H,35,40). The van der Waals surface area contributed by atoms with E-state index in [1.807, 2.05) is 4.90 Å². The van der Waals surface area contributed by atoms with Gasteiger partial charge in [0.1, 0.15) is 5.82 Å². The smallest absolute Gasteiger partial charge is 0.337 e. The van der Waals surface area contributed by atoms with Gasteiger partial charge in [0.15, 0.2) is 11.6 Å². The van der Waals surface area contributed by atoms with Crippen LogP contribution in [0.1, 0.15) is 38.2 Å². The Morgan fingerprint density at radius 1 is 1.15 bits per heavy atom. The van der Waals surface area contributed by atoms with E-state index < -0.39 is 40.9 Å². The molecule has 2 aromatic carbocycles. The lowest BCUT2D eigenvalue weighted by atomic mass is 9.68. The fourth-order valence-corrected chi connectivity index (χ4v) is 5.42. The minimum absolute atomic E-state index is 0.0189. The molecule has 1 heterocycles. The van der Waals surface area contributed by atoms with Crippen LogP contribution < -0.4 is 15.5 Å². The van der Waals surface area contributed by atoms with Crippen molar-refractivity contribution < 1.29 is 32.3 Å². The molecule has 216 valence electrons. The molecule has 41 heavy (non-hydrogen) atoms. The number of anilines is 1. The molecule has 2 aromatic rings. The number of nitrogens with zero attached hydrogens (tertiary/aromatic N) is 3. The summed E-state index contributed by atoms with van der Waals surface area (Å²) in [6.07, 6.45) is 1.60. The number of hydrogen-bond acceptors (Lipinski definition) is 6. The van der Waals surface area contributed by atoms with Crippen LogP contribution in [0, 0.1) is 28.8 Å². The zero-order chi connectivity index (χ0) is 29.7. The van der Waals surface area contributed by atoms with Crippen LogP contribution in [0.2, 0.25) is 0 Å². The first-order chi connectivity index (χ1) is 19.6. The molecule has 1 saturated carbocycles. The summed E-state index contributed by atoms with van der Waals surface area (Å²) in [5.74, 6) is -3.16. The van der Waals surface area contributed by atoms with Gasteiger partial charge in [-0.25, -0.2) is 32.5 Å². The molecule has 1 aliphatic heterocycles. The minimum atomic E-state index is -1.03. The van der Waals surface area contributed by atoms with Gasteiger partial charge in [-0.15, -0.1) is 0 Å². The number of methoxy groups -OCH3 is 1. The molecule has 0 atom stereocenters. The average Bonchev–Trinajstić information content (AvgIpc) is 2.97. The summed E-state index contributed by atoms with van der Waals surface area (Å²) in [4.78, 5) is 39.9. The highest BCUT2D eigenvalue weighted by atomic mass is 19.2. The number of amides is 4. The molecule has 0 bridgehead atoms. The first-order valence-corrected chi connectivity index (χ1v) is 13.1. The maximum atomic E-state index is 14.6. The number of carbonyl (C=O) groups is 3. The molecular formula is C29H30F3N5O4. The summed E-state index contributed by atoms with van der Waals surface area (Å²) in [7, 11) is 1.19. The maximum absolute atomic E-state index is 14.6. The second kappa shape index (κ2) is 12.3. The summed E-state index contributed by atoms with van der Waals surface area (Å²) in [5, 5.41) is 15.1. The average molecular weight is 570 g/mol. The number of allylic oxidation sites excluding steroid dienone is 1. The second-order valence-electron chi connectivity index (χ2n) is 10.0. The quantitative estimate of drug-likeness (QED) is 0.475. The molecule has 12 heteroatoms. The van der Waals surface area contributed by atoms with Gasteiger partial charge in [0, 0.05) is 42.1 Å². The molecule has 0 aromatic heterocycles. The fourth-order valence-electron chi connectivity index (χ4n) is 5.42. The van der Waals surface area contributed by atoms with Crippen molar-refractivity contribution in [3.8, 4) is 6.07 Å². The zero-order valence-electron chi connectivity index (χ0n) is 22.7. The Hall–Kier alpha value is -4.53. The number of hydrogen-bond donors (Lipinski definition) is 2. The van der Waals surface area contributed by atoms with E-state index in [1.54, 1.807) is 18.2 Å². The molecule has 1 fully saturated rings. The summed E-state index contributed by atoms with van der Waals surface area (Å²) in [6, 6.07) is 10.3. The third kappa shape index (κ3) is 6.14. The van der Waals surface area contributed by atoms with Crippen LogP contribution in [-0.2, 0) is 14.9 Å². The highest BCUT2D eigenvalue weighted by molar-refractivity contribution is 6.00. The van der Waals surface area contributed by atoms with Crippen molar-refractivity contribution in [3.05, 3.63) is 76.7 Å². The second-order valence-corrected chi connectivity index (χ2v) is 10.0. The number of carbonyl (C=O) groups excluding carboxylic acids is 3. The first-order valence-electron chi connectivity index (χ1n) is 13.1. The fraction of sp³-hybridized carbons (Fsp3) is 0.379. The van der Waals surface area contributed by atoms with Crippen molar-refractivity contribution in [1.29, 1.82) is 5.26 Å². The molecule has 9 nitrogen and oxygen atoms in total. The van der Waals surface area contributed by atoms with Gasteiger partial charge in [0.2, 0.25) is 0 Å². The SMILES string of the molecule is COC(=O)C1=C(C)NC(=O)N(C(=O)NCCN(c2ccc(F)c(F)c2)C2CCC(C#N)(c3ccccc3F)CC2)C1. The Balaban J connectivity index is 1.48. The number of esters is 1. The molecule has 2 aliphatic rings. The number of benzene rings is 2. The third-order valence-corrected chi connectivity index (χ3v) is 7.70. The third-order valence-electron chi connectivity index (χ3n) is 7.70. The van der Waals surface area contributed by atoms with E-state index >= 15 is 0 Å². The lowest BCUT2D eigenvalue weighted by molar-refractivity contribution is -0.136. The van der Waals surface area contributed by atoms with E-state index in [-0.39, 0.29) is 36.9 Å². The Bertz CT molecular complexity index is 1420. The molecule has 4 rings (SSSR count). The van der Waals surface area contributed by atoms with Crippen LogP contribution in [0.4, 0.5) is 28.4 Å². The largest absolute Gasteiger partial charge is 0.466 e. The van der Waals surface area contributed by atoms with Crippen molar-refractivity contribution in [2.24, 2.45) is 0 Å². The summed E-state index contributed by atoms with van der Waals surface area (Å²) < 4.78 is 47.2. The summed E-state index contributed by atoms with van der Waals surface area (Å²) >= 11 is 0. The van der Waals surface area contributed by atoms with Crippen molar-refractivity contribution in [2.75, 3.05) is 31.6 Å². The Labute approximate surface area is 235 Å². The molecule has 0 unspecified atom stereocenters. The van der Waals surface area contributed by atoms with E-state index in [2.05, 4.69) is 16.7 Å². The van der Waals surface area contributed by atoms with Gasteiger partial charge in [-0.2, -0.15) is 5.26 Å². The van der Waals surface area contributed by atoms with Gasteiger partial charge in [-0.05, 0) is 50.8 Å². The monoisotopic (exact) mass is 569 g/mol. The molecule has 0 saturated heterocycles.